The van der Waals surface area contributed by atoms with Crippen LogP contribution in [0.1, 0.15) is 34.8 Å². The molecule has 2 amide bonds. The van der Waals surface area contributed by atoms with Crippen LogP contribution in [0.3, 0.4) is 0 Å². The minimum Gasteiger partial charge on any atom is -0.369 e. The smallest absolute Gasteiger partial charge is 0.251 e. The Balaban J connectivity index is 1.12. The quantitative estimate of drug-likeness (QED) is 0.495. The van der Waals surface area contributed by atoms with Gasteiger partial charge in [-0.2, -0.15) is 0 Å². The lowest BCUT2D eigenvalue weighted by molar-refractivity contribution is -0.117. The Morgan fingerprint density at radius 2 is 1.47 bits per heavy atom. The standard InChI is InChI=1S/C30H34N4O2/c1-22-19-28(22)30(36)32-26-13-11-23(12-14-26)29(35)31-20-24-7-5-6-8-25(24)21-33-15-17-34(18-16-33)27-9-3-2-4-10-27/h2-14,22,28H,15-21H2,1H3,(H,31,35)(H,32,36). The Kier molecular flexibility index (Phi) is 7.33. The molecule has 6 nitrogen and oxygen atoms in total. The number of nitrogens with zero attached hydrogens (tertiary/aromatic N) is 2. The van der Waals surface area contributed by atoms with E-state index < -0.39 is 0 Å². The third kappa shape index (κ3) is 5.94. The van der Waals surface area contributed by atoms with Crippen LogP contribution < -0.4 is 15.5 Å². The van der Waals surface area contributed by atoms with Gasteiger partial charge in [0.15, 0.2) is 0 Å². The van der Waals surface area contributed by atoms with E-state index >= 15 is 0 Å². The van der Waals surface area contributed by atoms with Crippen molar-refractivity contribution in [3.05, 3.63) is 95.6 Å². The molecule has 2 atom stereocenters. The summed E-state index contributed by atoms with van der Waals surface area (Å²) in [6.45, 7) is 7.50. The van der Waals surface area contributed by atoms with Crippen LogP contribution in [0.15, 0.2) is 78.9 Å². The van der Waals surface area contributed by atoms with Crippen LogP contribution in [0.2, 0.25) is 0 Å². The molecule has 1 aliphatic heterocycles. The number of hydrogen-bond acceptors (Lipinski definition) is 4. The molecule has 1 aliphatic carbocycles. The molecule has 1 saturated heterocycles. The molecule has 36 heavy (non-hydrogen) atoms. The average molecular weight is 483 g/mol. The average Bonchev–Trinajstić information content (AvgIpc) is 3.66. The summed E-state index contributed by atoms with van der Waals surface area (Å²) in [5.74, 6) is 0.547. The van der Waals surface area contributed by atoms with Crippen LogP contribution in [0.25, 0.3) is 0 Å². The summed E-state index contributed by atoms with van der Waals surface area (Å²) in [5.41, 5.74) is 4.99. The van der Waals surface area contributed by atoms with E-state index in [4.69, 9.17) is 0 Å². The first kappa shape index (κ1) is 24.1. The lowest BCUT2D eigenvalue weighted by Gasteiger charge is -2.36. The molecule has 2 fully saturated rings. The van der Waals surface area contributed by atoms with Gasteiger partial charge in [0.25, 0.3) is 5.91 Å². The van der Waals surface area contributed by atoms with Gasteiger partial charge in [0.1, 0.15) is 0 Å². The Morgan fingerprint density at radius 3 is 2.14 bits per heavy atom. The summed E-state index contributed by atoms with van der Waals surface area (Å²) in [7, 11) is 0. The summed E-state index contributed by atoms with van der Waals surface area (Å²) in [6.07, 6.45) is 0.956. The number of para-hydroxylation sites is 1. The number of nitrogens with one attached hydrogen (secondary N) is 2. The van der Waals surface area contributed by atoms with Crippen LogP contribution in [0.4, 0.5) is 11.4 Å². The zero-order valence-corrected chi connectivity index (χ0v) is 20.8. The predicted molar refractivity (Wildman–Crippen MR) is 144 cm³/mol. The summed E-state index contributed by atoms with van der Waals surface area (Å²) in [5, 5.41) is 6.00. The highest BCUT2D eigenvalue weighted by Crippen LogP contribution is 2.38. The number of anilines is 2. The van der Waals surface area contributed by atoms with Gasteiger partial charge in [0.2, 0.25) is 5.91 Å². The van der Waals surface area contributed by atoms with E-state index in [9.17, 15) is 9.59 Å². The molecule has 186 valence electrons. The number of carbonyl (C=O) groups excluding carboxylic acids is 2. The van der Waals surface area contributed by atoms with Crippen LogP contribution in [-0.4, -0.2) is 42.9 Å². The number of carbonyl (C=O) groups is 2. The monoisotopic (exact) mass is 482 g/mol. The molecule has 3 aromatic rings. The molecule has 3 aromatic carbocycles. The van der Waals surface area contributed by atoms with Gasteiger partial charge in [-0.1, -0.05) is 49.4 Å². The number of hydrogen-bond donors (Lipinski definition) is 2. The number of piperazine rings is 1. The number of benzene rings is 3. The van der Waals surface area contributed by atoms with Crippen molar-refractivity contribution in [1.29, 1.82) is 0 Å². The summed E-state index contributed by atoms with van der Waals surface area (Å²) in [4.78, 5) is 29.8. The van der Waals surface area contributed by atoms with Gasteiger partial charge >= 0.3 is 0 Å². The molecule has 0 spiro atoms. The molecule has 0 aromatic heterocycles. The SMILES string of the molecule is CC1CC1C(=O)Nc1ccc(C(=O)NCc2ccccc2CN2CCN(c3ccccc3)CC2)cc1. The van der Waals surface area contributed by atoms with Gasteiger partial charge in [-0.3, -0.25) is 14.5 Å². The van der Waals surface area contributed by atoms with Crippen molar-refractivity contribution < 1.29 is 9.59 Å². The minimum absolute atomic E-state index is 0.0674. The van der Waals surface area contributed by atoms with E-state index in [1.807, 2.05) is 6.07 Å². The molecular weight excluding hydrogens is 448 g/mol. The fourth-order valence-corrected chi connectivity index (χ4v) is 4.83. The van der Waals surface area contributed by atoms with E-state index in [2.05, 4.69) is 75.9 Å². The second kappa shape index (κ2) is 11.0. The van der Waals surface area contributed by atoms with E-state index in [0.29, 0.717) is 18.0 Å². The highest BCUT2D eigenvalue weighted by atomic mass is 16.2. The molecular formula is C30H34N4O2. The second-order valence-corrected chi connectivity index (χ2v) is 9.94. The predicted octanol–water partition coefficient (Wildman–Crippen LogP) is 4.53. The first-order valence-electron chi connectivity index (χ1n) is 12.8. The molecule has 2 aliphatic rings. The van der Waals surface area contributed by atoms with E-state index in [1.54, 1.807) is 24.3 Å². The Bertz CT molecular complexity index is 1190. The van der Waals surface area contributed by atoms with Crippen LogP contribution in [0.5, 0.6) is 0 Å². The van der Waals surface area contributed by atoms with Gasteiger partial charge in [-0.05, 0) is 59.9 Å². The normalized spacial score (nSPS) is 19.5. The summed E-state index contributed by atoms with van der Waals surface area (Å²) < 4.78 is 0. The molecule has 1 heterocycles. The number of amides is 2. The van der Waals surface area contributed by atoms with Crippen molar-refractivity contribution >= 4 is 23.2 Å². The van der Waals surface area contributed by atoms with Gasteiger partial charge in [-0.25, -0.2) is 0 Å². The highest BCUT2D eigenvalue weighted by molar-refractivity contribution is 5.97. The van der Waals surface area contributed by atoms with Gasteiger partial charge in [0, 0.05) is 62.1 Å². The maximum absolute atomic E-state index is 12.8. The minimum atomic E-state index is -0.116. The first-order valence-corrected chi connectivity index (χ1v) is 12.8. The zero-order valence-electron chi connectivity index (χ0n) is 20.8. The van der Waals surface area contributed by atoms with Crippen LogP contribution in [-0.2, 0) is 17.9 Å². The van der Waals surface area contributed by atoms with Crippen LogP contribution in [0, 0.1) is 11.8 Å². The maximum Gasteiger partial charge on any atom is 0.251 e. The van der Waals surface area contributed by atoms with Crippen molar-refractivity contribution in [2.45, 2.75) is 26.4 Å². The molecule has 2 unspecified atom stereocenters. The number of rotatable bonds is 8. The summed E-state index contributed by atoms with van der Waals surface area (Å²) in [6, 6.07) is 26.0. The maximum atomic E-state index is 12.8. The summed E-state index contributed by atoms with van der Waals surface area (Å²) >= 11 is 0. The third-order valence-corrected chi connectivity index (χ3v) is 7.31. The van der Waals surface area contributed by atoms with E-state index in [1.165, 1.54) is 11.3 Å². The Labute approximate surface area is 213 Å². The van der Waals surface area contributed by atoms with Crippen LogP contribution >= 0.6 is 0 Å². The Morgan fingerprint density at radius 1 is 0.833 bits per heavy atom. The van der Waals surface area contributed by atoms with Crippen molar-refractivity contribution in [3.8, 4) is 0 Å². The van der Waals surface area contributed by atoms with Gasteiger partial charge in [0.05, 0.1) is 0 Å². The molecule has 5 rings (SSSR count). The molecule has 0 radical (unpaired) electrons. The zero-order chi connectivity index (χ0) is 24.9. The van der Waals surface area contributed by atoms with Gasteiger partial charge < -0.3 is 15.5 Å². The molecule has 0 bridgehead atoms. The molecule has 6 heteroatoms. The van der Waals surface area contributed by atoms with Crippen molar-refractivity contribution in [2.24, 2.45) is 11.8 Å². The Hall–Kier alpha value is -3.64. The lowest BCUT2D eigenvalue weighted by atomic mass is 10.1. The topological polar surface area (TPSA) is 64.7 Å². The van der Waals surface area contributed by atoms with E-state index in [0.717, 1.165) is 50.4 Å². The first-order chi connectivity index (χ1) is 17.6. The van der Waals surface area contributed by atoms with Crippen molar-refractivity contribution in [3.63, 3.8) is 0 Å². The lowest BCUT2D eigenvalue weighted by Crippen LogP contribution is -2.46. The van der Waals surface area contributed by atoms with Gasteiger partial charge in [-0.15, -0.1) is 0 Å². The second-order valence-electron chi connectivity index (χ2n) is 9.94. The van der Waals surface area contributed by atoms with Crippen molar-refractivity contribution in [2.75, 3.05) is 36.4 Å². The van der Waals surface area contributed by atoms with E-state index in [-0.39, 0.29) is 17.7 Å². The highest BCUT2D eigenvalue weighted by Gasteiger charge is 2.39. The van der Waals surface area contributed by atoms with Crippen molar-refractivity contribution in [1.82, 2.24) is 10.2 Å². The molecule has 2 N–H and O–H groups in total. The largest absolute Gasteiger partial charge is 0.369 e. The molecule has 1 saturated carbocycles. The third-order valence-electron chi connectivity index (χ3n) is 7.31. The fraction of sp³-hybridized carbons (Fsp3) is 0.333. The fourth-order valence-electron chi connectivity index (χ4n) is 4.83.